The number of ether oxygens (including phenoxy) is 3. The summed E-state index contributed by atoms with van der Waals surface area (Å²) in [6.45, 7) is 3.02. The highest BCUT2D eigenvalue weighted by atomic mass is 35.5. The lowest BCUT2D eigenvalue weighted by molar-refractivity contribution is -0.0955. The maximum atomic E-state index is 13.5. The molecule has 1 aliphatic heterocycles. The van der Waals surface area contributed by atoms with Crippen LogP contribution in [-0.2, 0) is 35.3 Å². The van der Waals surface area contributed by atoms with Crippen molar-refractivity contribution in [1.82, 2.24) is 24.7 Å². The van der Waals surface area contributed by atoms with E-state index in [9.17, 15) is 8.42 Å². The molecule has 33 heavy (non-hydrogen) atoms. The molecule has 3 heterocycles. The smallest absolute Gasteiger partial charge is 0.165 e. The Labute approximate surface area is 197 Å². The van der Waals surface area contributed by atoms with Crippen molar-refractivity contribution in [3.8, 4) is 0 Å². The molecule has 2 saturated carbocycles. The number of hydrogen-bond donors (Lipinski definition) is 0. The Kier molecular flexibility index (Phi) is 6.19. The second kappa shape index (κ2) is 8.84. The summed E-state index contributed by atoms with van der Waals surface area (Å²) < 4.78 is 46.1. The second-order valence-corrected chi connectivity index (χ2v) is 11.8. The largest absolute Gasteiger partial charge is 0.376 e. The zero-order chi connectivity index (χ0) is 23.2. The van der Waals surface area contributed by atoms with E-state index < -0.39 is 21.2 Å². The first-order valence-corrected chi connectivity index (χ1v) is 13.3. The van der Waals surface area contributed by atoms with Crippen molar-refractivity contribution in [3.05, 3.63) is 34.9 Å². The first-order valence-electron chi connectivity index (χ1n) is 11.2. The zero-order valence-corrected chi connectivity index (χ0v) is 20.3. The van der Waals surface area contributed by atoms with Crippen LogP contribution in [0.15, 0.2) is 12.4 Å². The van der Waals surface area contributed by atoms with Gasteiger partial charge in [0.1, 0.15) is 23.8 Å². The summed E-state index contributed by atoms with van der Waals surface area (Å²) in [4.78, 5) is 8.32. The van der Waals surface area contributed by atoms with Gasteiger partial charge in [-0.3, -0.25) is 0 Å². The van der Waals surface area contributed by atoms with Gasteiger partial charge in [0, 0.05) is 19.5 Å². The first kappa shape index (κ1) is 23.1. The van der Waals surface area contributed by atoms with Crippen LogP contribution in [-0.4, -0.2) is 65.3 Å². The van der Waals surface area contributed by atoms with Crippen LogP contribution >= 0.6 is 11.6 Å². The lowest BCUT2D eigenvalue weighted by atomic mass is 10.1. The Morgan fingerprint density at radius 2 is 1.97 bits per heavy atom. The summed E-state index contributed by atoms with van der Waals surface area (Å²) in [6, 6.07) is 0. The second-order valence-electron chi connectivity index (χ2n) is 9.05. The van der Waals surface area contributed by atoms with Crippen molar-refractivity contribution in [2.75, 3.05) is 26.9 Å². The molecule has 2 aromatic heterocycles. The van der Waals surface area contributed by atoms with Gasteiger partial charge in [-0.15, -0.1) is 10.2 Å². The molecule has 12 heteroatoms. The van der Waals surface area contributed by atoms with E-state index in [0.29, 0.717) is 42.4 Å². The number of nitrogens with zero attached hydrogens (tertiary/aromatic N) is 5. The normalized spacial score (nSPS) is 24.4. The molecular formula is C21H28ClN5O5S. The number of sulfone groups is 1. The van der Waals surface area contributed by atoms with Crippen LogP contribution in [0.1, 0.15) is 62.3 Å². The Bertz CT molecular complexity index is 1090. The monoisotopic (exact) mass is 497 g/mol. The molecule has 5 rings (SSSR count). The standard InChI is InChI=1S/C21H28ClN5O5S/c1-13(18(30-2)19-23-9-15(22)10-24-19)33(28,29)12-17-25-26-20(16-11-31-7-8-32-16)27(17)21(5-6-21)14-3-4-14/h9-10,13-14,16,18H,3-8,11-12H2,1-2H3/t13-,16-,18-/m0/s1. The van der Waals surface area contributed by atoms with E-state index in [0.717, 1.165) is 25.7 Å². The number of halogens is 1. The maximum absolute atomic E-state index is 13.5. The predicted molar refractivity (Wildman–Crippen MR) is 118 cm³/mol. The first-order chi connectivity index (χ1) is 15.9. The molecule has 3 atom stereocenters. The van der Waals surface area contributed by atoms with Crippen LogP contribution in [0.5, 0.6) is 0 Å². The Balaban J connectivity index is 1.45. The Hall–Kier alpha value is -1.66. The van der Waals surface area contributed by atoms with Crippen LogP contribution < -0.4 is 0 Å². The minimum Gasteiger partial charge on any atom is -0.376 e. The average Bonchev–Trinajstić information content (AvgIpc) is 3.73. The fraction of sp³-hybridized carbons (Fsp3) is 0.714. The highest BCUT2D eigenvalue weighted by molar-refractivity contribution is 7.91. The molecule has 2 aliphatic carbocycles. The molecule has 0 bridgehead atoms. The zero-order valence-electron chi connectivity index (χ0n) is 18.7. The fourth-order valence-electron chi connectivity index (χ4n) is 4.79. The minimum absolute atomic E-state index is 0.103. The van der Waals surface area contributed by atoms with Gasteiger partial charge in [-0.2, -0.15) is 0 Å². The highest BCUT2D eigenvalue weighted by Crippen LogP contribution is 2.60. The van der Waals surface area contributed by atoms with Crippen LogP contribution in [0.2, 0.25) is 5.02 Å². The molecule has 0 aromatic carbocycles. The van der Waals surface area contributed by atoms with E-state index in [1.165, 1.54) is 19.5 Å². The molecular weight excluding hydrogens is 470 g/mol. The molecule has 0 N–H and O–H groups in total. The molecule has 0 spiro atoms. The molecule has 3 fully saturated rings. The number of hydrogen-bond acceptors (Lipinski definition) is 9. The van der Waals surface area contributed by atoms with E-state index in [1.54, 1.807) is 6.92 Å². The summed E-state index contributed by atoms with van der Waals surface area (Å²) in [5, 5.41) is 8.23. The maximum Gasteiger partial charge on any atom is 0.165 e. The van der Waals surface area contributed by atoms with Gasteiger partial charge >= 0.3 is 0 Å². The lowest BCUT2D eigenvalue weighted by Gasteiger charge is -2.27. The third-order valence-corrected chi connectivity index (χ3v) is 9.11. The fourth-order valence-corrected chi connectivity index (χ4v) is 6.31. The molecule has 1 saturated heterocycles. The Morgan fingerprint density at radius 3 is 2.55 bits per heavy atom. The van der Waals surface area contributed by atoms with E-state index in [4.69, 9.17) is 25.8 Å². The SMILES string of the molecule is CO[C@H](c1ncc(Cl)cn1)[C@H](C)S(=O)(=O)Cc1nnc([C@@H]2COCCO2)n1C1(C2CC2)CC1. The summed E-state index contributed by atoms with van der Waals surface area (Å²) in [7, 11) is -2.25. The van der Waals surface area contributed by atoms with Gasteiger partial charge in [0.15, 0.2) is 21.5 Å². The number of rotatable bonds is 9. The minimum atomic E-state index is -3.69. The molecule has 2 aromatic rings. The Morgan fingerprint density at radius 1 is 1.24 bits per heavy atom. The van der Waals surface area contributed by atoms with Gasteiger partial charge in [-0.05, 0) is 38.5 Å². The van der Waals surface area contributed by atoms with Crippen molar-refractivity contribution in [1.29, 1.82) is 0 Å². The summed E-state index contributed by atoms with van der Waals surface area (Å²) >= 11 is 5.88. The summed E-state index contributed by atoms with van der Waals surface area (Å²) in [5.74, 6) is 1.66. The van der Waals surface area contributed by atoms with Crippen molar-refractivity contribution < 1.29 is 22.6 Å². The molecule has 0 unspecified atom stereocenters. The van der Waals surface area contributed by atoms with Crippen molar-refractivity contribution >= 4 is 21.4 Å². The van der Waals surface area contributed by atoms with E-state index >= 15 is 0 Å². The van der Waals surface area contributed by atoms with Crippen molar-refractivity contribution in [2.45, 2.75) is 61.4 Å². The van der Waals surface area contributed by atoms with E-state index in [1.807, 2.05) is 0 Å². The number of aromatic nitrogens is 5. The van der Waals surface area contributed by atoms with Crippen LogP contribution in [0.3, 0.4) is 0 Å². The summed E-state index contributed by atoms with van der Waals surface area (Å²) in [6.07, 6.45) is 5.95. The van der Waals surface area contributed by atoms with Crippen LogP contribution in [0.25, 0.3) is 0 Å². The highest BCUT2D eigenvalue weighted by Gasteiger charge is 2.58. The number of methoxy groups -OCH3 is 1. The predicted octanol–water partition coefficient (Wildman–Crippen LogP) is 2.40. The van der Waals surface area contributed by atoms with E-state index in [-0.39, 0.29) is 23.2 Å². The molecule has 10 nitrogen and oxygen atoms in total. The van der Waals surface area contributed by atoms with Gasteiger partial charge in [-0.25, -0.2) is 18.4 Å². The summed E-state index contributed by atoms with van der Waals surface area (Å²) in [5.41, 5.74) is -0.103. The van der Waals surface area contributed by atoms with Gasteiger partial charge in [0.05, 0.1) is 35.6 Å². The van der Waals surface area contributed by atoms with Crippen molar-refractivity contribution in [2.24, 2.45) is 5.92 Å². The van der Waals surface area contributed by atoms with Crippen molar-refractivity contribution in [3.63, 3.8) is 0 Å². The van der Waals surface area contributed by atoms with E-state index in [2.05, 4.69) is 24.7 Å². The van der Waals surface area contributed by atoms with Gasteiger partial charge in [0.25, 0.3) is 0 Å². The topological polar surface area (TPSA) is 118 Å². The van der Waals surface area contributed by atoms with Gasteiger partial charge in [-0.1, -0.05) is 11.6 Å². The molecule has 180 valence electrons. The lowest BCUT2D eigenvalue weighted by Crippen LogP contribution is -2.33. The quantitative estimate of drug-likeness (QED) is 0.514. The third-order valence-electron chi connectivity index (χ3n) is 6.88. The third kappa shape index (κ3) is 4.41. The average molecular weight is 498 g/mol. The molecule has 0 amide bonds. The molecule has 0 radical (unpaired) electrons. The van der Waals surface area contributed by atoms with Gasteiger partial charge < -0.3 is 18.8 Å². The van der Waals surface area contributed by atoms with Gasteiger partial charge in [0.2, 0.25) is 0 Å². The van der Waals surface area contributed by atoms with Crippen LogP contribution in [0.4, 0.5) is 0 Å². The molecule has 3 aliphatic rings. The van der Waals surface area contributed by atoms with Crippen LogP contribution in [0, 0.1) is 5.92 Å².